The molecular formula is C15H16O3. The first kappa shape index (κ1) is 12.6. The third-order valence-electron chi connectivity index (χ3n) is 2.76. The molecule has 18 heavy (non-hydrogen) atoms. The van der Waals surface area contributed by atoms with Gasteiger partial charge in [0.1, 0.15) is 0 Å². The van der Waals surface area contributed by atoms with E-state index in [9.17, 15) is 4.79 Å². The fraction of sp³-hybridized carbons (Fsp3) is 0.267. The Kier molecular flexibility index (Phi) is 4.31. The summed E-state index contributed by atoms with van der Waals surface area (Å²) in [5.41, 5.74) is 1.11. The SMILES string of the molecule is O=C(O)CCCOCc1ccc2ccccc2c1. The average Bonchev–Trinajstić information content (AvgIpc) is 2.38. The lowest BCUT2D eigenvalue weighted by Gasteiger charge is -2.05. The first-order valence-corrected chi connectivity index (χ1v) is 6.03. The molecule has 1 N–H and O–H groups in total. The lowest BCUT2D eigenvalue weighted by Crippen LogP contribution is -2.00. The van der Waals surface area contributed by atoms with E-state index in [4.69, 9.17) is 9.84 Å². The van der Waals surface area contributed by atoms with Gasteiger partial charge in [-0.05, 0) is 28.8 Å². The smallest absolute Gasteiger partial charge is 0.303 e. The molecule has 0 aromatic heterocycles. The summed E-state index contributed by atoms with van der Waals surface area (Å²) < 4.78 is 5.46. The number of hydrogen-bond donors (Lipinski definition) is 1. The molecule has 0 unspecified atom stereocenters. The van der Waals surface area contributed by atoms with Crippen LogP contribution in [0.1, 0.15) is 18.4 Å². The summed E-state index contributed by atoms with van der Waals surface area (Å²) >= 11 is 0. The van der Waals surface area contributed by atoms with Crippen LogP contribution in [0, 0.1) is 0 Å². The molecule has 0 atom stereocenters. The van der Waals surface area contributed by atoms with E-state index in [1.54, 1.807) is 0 Å². The number of benzene rings is 2. The van der Waals surface area contributed by atoms with Crippen molar-refractivity contribution in [3.8, 4) is 0 Å². The van der Waals surface area contributed by atoms with E-state index in [0.29, 0.717) is 19.6 Å². The molecular weight excluding hydrogens is 228 g/mol. The van der Waals surface area contributed by atoms with E-state index in [0.717, 1.165) is 5.56 Å². The maximum Gasteiger partial charge on any atom is 0.303 e. The number of carboxylic acids is 1. The summed E-state index contributed by atoms with van der Waals surface area (Å²) in [6, 6.07) is 14.4. The van der Waals surface area contributed by atoms with Crippen molar-refractivity contribution < 1.29 is 14.6 Å². The summed E-state index contributed by atoms with van der Waals surface area (Å²) in [6.07, 6.45) is 0.723. The molecule has 3 heteroatoms. The van der Waals surface area contributed by atoms with Crippen LogP contribution in [0.25, 0.3) is 10.8 Å². The minimum absolute atomic E-state index is 0.164. The Labute approximate surface area is 106 Å². The summed E-state index contributed by atoms with van der Waals surface area (Å²) in [5, 5.41) is 10.9. The molecule has 94 valence electrons. The Morgan fingerprint density at radius 2 is 1.89 bits per heavy atom. The zero-order chi connectivity index (χ0) is 12.8. The van der Waals surface area contributed by atoms with Gasteiger partial charge in [0.15, 0.2) is 0 Å². The first-order chi connectivity index (χ1) is 8.75. The van der Waals surface area contributed by atoms with Gasteiger partial charge in [-0.15, -0.1) is 0 Å². The Balaban J connectivity index is 1.86. The Morgan fingerprint density at radius 1 is 1.11 bits per heavy atom. The summed E-state index contributed by atoms with van der Waals surface area (Å²) in [4.78, 5) is 10.3. The quantitative estimate of drug-likeness (QED) is 0.793. The van der Waals surface area contributed by atoms with Gasteiger partial charge in [-0.2, -0.15) is 0 Å². The second-order valence-electron chi connectivity index (χ2n) is 4.23. The molecule has 2 rings (SSSR count). The van der Waals surface area contributed by atoms with Crippen LogP contribution in [0.15, 0.2) is 42.5 Å². The maximum absolute atomic E-state index is 10.3. The normalized spacial score (nSPS) is 10.7. The van der Waals surface area contributed by atoms with Gasteiger partial charge in [-0.3, -0.25) is 4.79 Å². The zero-order valence-corrected chi connectivity index (χ0v) is 10.1. The van der Waals surface area contributed by atoms with Gasteiger partial charge in [-0.1, -0.05) is 36.4 Å². The Morgan fingerprint density at radius 3 is 2.67 bits per heavy atom. The molecule has 0 aliphatic carbocycles. The molecule has 3 nitrogen and oxygen atoms in total. The van der Waals surface area contributed by atoms with Gasteiger partial charge < -0.3 is 9.84 Å². The van der Waals surface area contributed by atoms with E-state index in [2.05, 4.69) is 24.3 Å². The Bertz CT molecular complexity index is 534. The van der Waals surface area contributed by atoms with Gasteiger partial charge in [0.25, 0.3) is 0 Å². The van der Waals surface area contributed by atoms with Crippen molar-refractivity contribution in [1.82, 2.24) is 0 Å². The molecule has 0 bridgehead atoms. The first-order valence-electron chi connectivity index (χ1n) is 6.03. The standard InChI is InChI=1S/C15H16O3/c16-15(17)6-3-9-18-11-12-7-8-13-4-1-2-5-14(13)10-12/h1-2,4-5,7-8,10H,3,6,9,11H2,(H,16,17). The van der Waals surface area contributed by atoms with Crippen molar-refractivity contribution in [2.75, 3.05) is 6.61 Å². The van der Waals surface area contributed by atoms with Crippen LogP contribution in [-0.4, -0.2) is 17.7 Å². The van der Waals surface area contributed by atoms with Crippen LogP contribution in [0.4, 0.5) is 0 Å². The number of fused-ring (bicyclic) bond motifs is 1. The minimum atomic E-state index is -0.774. The monoisotopic (exact) mass is 244 g/mol. The second-order valence-corrected chi connectivity index (χ2v) is 4.23. The van der Waals surface area contributed by atoms with Crippen LogP contribution in [-0.2, 0) is 16.1 Å². The van der Waals surface area contributed by atoms with Gasteiger partial charge >= 0.3 is 5.97 Å². The zero-order valence-electron chi connectivity index (χ0n) is 10.1. The number of aliphatic carboxylic acids is 1. The van der Waals surface area contributed by atoms with Crippen molar-refractivity contribution in [1.29, 1.82) is 0 Å². The van der Waals surface area contributed by atoms with E-state index >= 15 is 0 Å². The van der Waals surface area contributed by atoms with Gasteiger partial charge in [0.05, 0.1) is 6.61 Å². The average molecular weight is 244 g/mol. The fourth-order valence-corrected chi connectivity index (χ4v) is 1.84. The van der Waals surface area contributed by atoms with Crippen molar-refractivity contribution in [2.24, 2.45) is 0 Å². The highest BCUT2D eigenvalue weighted by atomic mass is 16.5. The fourth-order valence-electron chi connectivity index (χ4n) is 1.84. The number of ether oxygens (including phenoxy) is 1. The van der Waals surface area contributed by atoms with E-state index in [-0.39, 0.29) is 6.42 Å². The largest absolute Gasteiger partial charge is 0.481 e. The van der Waals surface area contributed by atoms with Crippen molar-refractivity contribution in [3.63, 3.8) is 0 Å². The molecule has 0 aliphatic heterocycles. The number of hydrogen-bond acceptors (Lipinski definition) is 2. The van der Waals surface area contributed by atoms with Crippen LogP contribution in [0.5, 0.6) is 0 Å². The van der Waals surface area contributed by atoms with Gasteiger partial charge in [-0.25, -0.2) is 0 Å². The minimum Gasteiger partial charge on any atom is -0.481 e. The second kappa shape index (κ2) is 6.17. The van der Waals surface area contributed by atoms with Crippen LogP contribution in [0.3, 0.4) is 0 Å². The Hall–Kier alpha value is -1.87. The van der Waals surface area contributed by atoms with Crippen LogP contribution in [0.2, 0.25) is 0 Å². The molecule has 0 fully saturated rings. The van der Waals surface area contributed by atoms with E-state index in [1.807, 2.05) is 18.2 Å². The highest BCUT2D eigenvalue weighted by molar-refractivity contribution is 5.82. The molecule has 2 aromatic carbocycles. The highest BCUT2D eigenvalue weighted by Gasteiger charge is 1.98. The predicted octanol–water partition coefficient (Wildman–Crippen LogP) is 3.22. The highest BCUT2D eigenvalue weighted by Crippen LogP contribution is 2.16. The van der Waals surface area contributed by atoms with E-state index < -0.39 is 5.97 Å². The molecule has 0 amide bonds. The van der Waals surface area contributed by atoms with Gasteiger partial charge in [0.2, 0.25) is 0 Å². The summed E-state index contributed by atoms with van der Waals surface area (Å²) in [6.45, 7) is 1.02. The predicted molar refractivity (Wildman–Crippen MR) is 70.5 cm³/mol. The lowest BCUT2D eigenvalue weighted by atomic mass is 10.1. The molecule has 0 saturated carbocycles. The van der Waals surface area contributed by atoms with Crippen molar-refractivity contribution >= 4 is 16.7 Å². The lowest BCUT2D eigenvalue weighted by molar-refractivity contribution is -0.137. The topological polar surface area (TPSA) is 46.5 Å². The number of carbonyl (C=O) groups is 1. The molecule has 0 heterocycles. The van der Waals surface area contributed by atoms with Crippen LogP contribution >= 0.6 is 0 Å². The summed E-state index contributed by atoms with van der Waals surface area (Å²) in [7, 11) is 0. The molecule has 0 aliphatic rings. The summed E-state index contributed by atoms with van der Waals surface area (Å²) in [5.74, 6) is -0.774. The van der Waals surface area contributed by atoms with Crippen LogP contribution < -0.4 is 0 Å². The third kappa shape index (κ3) is 3.57. The number of rotatable bonds is 6. The van der Waals surface area contributed by atoms with Crippen molar-refractivity contribution in [3.05, 3.63) is 48.0 Å². The molecule has 2 aromatic rings. The number of carboxylic acid groups (broad SMARTS) is 1. The van der Waals surface area contributed by atoms with Crippen molar-refractivity contribution in [2.45, 2.75) is 19.4 Å². The molecule has 0 radical (unpaired) electrons. The maximum atomic E-state index is 10.3. The van der Waals surface area contributed by atoms with E-state index in [1.165, 1.54) is 10.8 Å². The molecule has 0 saturated heterocycles. The third-order valence-corrected chi connectivity index (χ3v) is 2.76. The van der Waals surface area contributed by atoms with Gasteiger partial charge in [0, 0.05) is 13.0 Å². The molecule has 0 spiro atoms.